The molecule has 82 heavy (non-hydrogen) atoms. The molecule has 0 unspecified atom stereocenters. The molecule has 0 radical (unpaired) electrons. The number of aliphatic hydroxyl groups excluding tert-OH is 1. The summed E-state index contributed by atoms with van der Waals surface area (Å²) in [4.78, 5) is 40.3. The Morgan fingerprint density at radius 2 is 0.841 bits per heavy atom. The van der Waals surface area contributed by atoms with Crippen LogP contribution in [0.2, 0.25) is 0 Å². The van der Waals surface area contributed by atoms with E-state index in [1.54, 1.807) is 46.8 Å². The molecule has 5 N–H and O–H groups in total. The maximum atomic E-state index is 13.5. The number of carbonyl (C=O) groups excluding carboxylic acids is 3. The highest BCUT2D eigenvalue weighted by Gasteiger charge is 2.45. The number of cyclic esters (lactones) is 2. The molecule has 0 aliphatic carbocycles. The van der Waals surface area contributed by atoms with Gasteiger partial charge in [0, 0.05) is 21.8 Å². The lowest BCUT2D eigenvalue weighted by atomic mass is 9.81. The number of Topliss-reactive ketones (excluding diaryl/α,β-unsaturated/α-hetero) is 1. The molecule has 0 bridgehead atoms. The summed E-state index contributed by atoms with van der Waals surface area (Å²) in [5.41, 5.74) is -2.55. The van der Waals surface area contributed by atoms with Crippen molar-refractivity contribution in [2.75, 3.05) is 0 Å². The highest BCUT2D eigenvalue weighted by molar-refractivity contribution is 9.12. The number of ether oxygens (including phenoxy) is 6. The molecule has 15 atom stereocenters. The van der Waals surface area contributed by atoms with E-state index in [1.807, 2.05) is 149 Å². The smallest absolute Gasteiger partial charge is 0.311 e. The van der Waals surface area contributed by atoms with E-state index < -0.39 is 94.7 Å². The van der Waals surface area contributed by atoms with Gasteiger partial charge in [0.05, 0.1) is 74.4 Å². The molecule has 4 aromatic rings. The van der Waals surface area contributed by atoms with Gasteiger partial charge >= 0.3 is 11.9 Å². The molecular formula is C66H88Br2O14. The summed E-state index contributed by atoms with van der Waals surface area (Å²) in [6.07, 6.45) is -1.21. The SMILES string of the molecule is CC[C@H]1OC(=O)[C@H](C)[C@@H](OCc2ccccc2)CC(=O)[C@](C)(O)C[C@@H](C)[C@H](OCc2ccccc2)/C=C(\Br)[C@]1(C)O.CC[C@H]1OC(=O)[C@H](C)[C@@H](OCc2ccccc2)C[C@@H](O)[C@](C)(O)C[C@@H](C)[C@H](OCc2ccccc2)/C=C(\Br)[C@]1(C)O. The number of hydrogen-bond acceptors (Lipinski definition) is 14. The Labute approximate surface area is 502 Å². The zero-order valence-electron chi connectivity index (χ0n) is 49.3. The van der Waals surface area contributed by atoms with E-state index in [2.05, 4.69) is 31.9 Å². The number of rotatable bonds is 14. The molecule has 450 valence electrons. The lowest BCUT2D eigenvalue weighted by molar-refractivity contribution is -0.173. The molecule has 2 aliphatic rings. The van der Waals surface area contributed by atoms with E-state index >= 15 is 0 Å². The third-order valence-electron chi connectivity index (χ3n) is 15.9. The average molecular weight is 1270 g/mol. The normalized spacial score (nSPS) is 34.3. The van der Waals surface area contributed by atoms with Gasteiger partial charge in [-0.1, -0.05) is 181 Å². The number of hydrogen-bond donors (Lipinski definition) is 5. The largest absolute Gasteiger partial charge is 0.459 e. The van der Waals surface area contributed by atoms with E-state index in [4.69, 9.17) is 28.4 Å². The van der Waals surface area contributed by atoms with E-state index in [0.717, 1.165) is 22.3 Å². The van der Waals surface area contributed by atoms with Gasteiger partial charge in [-0.3, -0.25) is 14.4 Å². The maximum absolute atomic E-state index is 13.5. The standard InChI is InChI=1S/C33H45BrO7.C33H43BrO7/c2*1-6-30-33(5,38)28(34)17-26(39-20-24-13-9-7-10-14-24)22(2)19-32(4,37)29(35)18-27(23(3)31(36)41-30)40-21-25-15-11-8-12-16-25/h7-17,22-23,26-27,29-30,35,37-38H,6,18-21H2,1-5H3;7-17,22-23,26-27,30,37-38H,6,18-21H2,1-5H3/b2*28-17-/t22-,23-,26-,27+,29-,30-,32-,33+;22-,23-,26-,27+,30-,32-,33+/m11/s1. The summed E-state index contributed by atoms with van der Waals surface area (Å²) in [5, 5.41) is 57.3. The summed E-state index contributed by atoms with van der Waals surface area (Å²) >= 11 is 7.09. The second kappa shape index (κ2) is 31.6. The predicted molar refractivity (Wildman–Crippen MR) is 323 cm³/mol. The van der Waals surface area contributed by atoms with Crippen molar-refractivity contribution >= 4 is 49.6 Å². The molecule has 0 fully saturated rings. The summed E-state index contributed by atoms with van der Waals surface area (Å²) in [7, 11) is 0. The van der Waals surface area contributed by atoms with Crippen LogP contribution in [-0.2, 0) is 69.2 Å². The van der Waals surface area contributed by atoms with Crippen molar-refractivity contribution in [3.05, 3.63) is 165 Å². The Bertz CT molecular complexity index is 2650. The van der Waals surface area contributed by atoms with Crippen molar-refractivity contribution < 1.29 is 68.3 Å². The Morgan fingerprint density at radius 1 is 0.512 bits per heavy atom. The molecular weight excluding hydrogens is 1180 g/mol. The van der Waals surface area contributed by atoms with Crippen LogP contribution in [0.3, 0.4) is 0 Å². The van der Waals surface area contributed by atoms with Crippen molar-refractivity contribution in [3.8, 4) is 0 Å². The van der Waals surface area contributed by atoms with E-state index in [9.17, 15) is 39.9 Å². The Balaban J connectivity index is 0.000000301. The molecule has 2 aliphatic heterocycles. The molecule has 14 nitrogen and oxygen atoms in total. The summed E-state index contributed by atoms with van der Waals surface area (Å²) < 4.78 is 37.4. The summed E-state index contributed by atoms with van der Waals surface area (Å²) in [5.74, 6) is -3.73. The second-order valence-electron chi connectivity index (χ2n) is 23.1. The fraction of sp³-hybridized carbons (Fsp3) is 0.530. The predicted octanol–water partition coefficient (Wildman–Crippen LogP) is 11.6. The van der Waals surface area contributed by atoms with Gasteiger partial charge in [-0.25, -0.2) is 0 Å². The van der Waals surface area contributed by atoms with Crippen LogP contribution in [0.5, 0.6) is 0 Å². The van der Waals surface area contributed by atoms with E-state index in [1.165, 1.54) is 6.92 Å². The first kappa shape index (κ1) is 68.4. The number of ketones is 1. The van der Waals surface area contributed by atoms with Gasteiger partial charge in [0.25, 0.3) is 0 Å². The van der Waals surface area contributed by atoms with Gasteiger partial charge < -0.3 is 54.0 Å². The molecule has 0 saturated heterocycles. The fourth-order valence-electron chi connectivity index (χ4n) is 10.2. The van der Waals surface area contributed by atoms with Crippen LogP contribution in [-0.4, -0.2) is 108 Å². The number of halogens is 2. The van der Waals surface area contributed by atoms with E-state index in [0.29, 0.717) is 35.0 Å². The highest BCUT2D eigenvalue weighted by Crippen LogP contribution is 2.38. The molecule has 16 heteroatoms. The number of aliphatic hydroxyl groups is 5. The van der Waals surface area contributed by atoms with Gasteiger partial charge in [-0.2, -0.15) is 0 Å². The molecule has 2 heterocycles. The second-order valence-corrected chi connectivity index (χ2v) is 24.8. The van der Waals surface area contributed by atoms with Crippen LogP contribution in [0.4, 0.5) is 0 Å². The lowest BCUT2D eigenvalue weighted by Crippen LogP contribution is -2.48. The first-order valence-corrected chi connectivity index (χ1v) is 30.2. The van der Waals surface area contributed by atoms with Crippen molar-refractivity contribution in [1.82, 2.24) is 0 Å². The quantitative estimate of drug-likeness (QED) is 0.0745. The van der Waals surface area contributed by atoms with Gasteiger partial charge in [-0.05, 0) is 113 Å². The Kier molecular flexibility index (Phi) is 26.4. The number of benzene rings is 4. The van der Waals surface area contributed by atoms with Crippen molar-refractivity contribution in [1.29, 1.82) is 0 Å². The van der Waals surface area contributed by atoms with Gasteiger partial charge in [0.1, 0.15) is 29.0 Å². The third kappa shape index (κ3) is 19.8. The molecule has 0 amide bonds. The zero-order valence-corrected chi connectivity index (χ0v) is 52.5. The first-order valence-electron chi connectivity index (χ1n) is 28.6. The minimum absolute atomic E-state index is 0.0189. The van der Waals surface area contributed by atoms with Crippen molar-refractivity contribution in [3.63, 3.8) is 0 Å². The summed E-state index contributed by atoms with van der Waals surface area (Å²) in [6, 6.07) is 38.4. The summed E-state index contributed by atoms with van der Waals surface area (Å²) in [6.45, 7) is 18.2. The topological polar surface area (TPSA) is 208 Å². The van der Waals surface area contributed by atoms with Crippen molar-refractivity contribution in [2.24, 2.45) is 23.7 Å². The Morgan fingerprint density at radius 3 is 1.21 bits per heavy atom. The highest BCUT2D eigenvalue weighted by atomic mass is 79.9. The number of esters is 2. The monoisotopic (exact) mass is 1260 g/mol. The molecule has 0 spiro atoms. The minimum atomic E-state index is -1.70. The van der Waals surface area contributed by atoms with Gasteiger partial charge in [0.15, 0.2) is 5.78 Å². The first-order chi connectivity index (χ1) is 38.7. The lowest BCUT2D eigenvalue weighted by Gasteiger charge is -2.38. The van der Waals surface area contributed by atoms with Crippen LogP contribution in [0.1, 0.15) is 130 Å². The minimum Gasteiger partial charge on any atom is -0.459 e. The fourth-order valence-corrected chi connectivity index (χ4v) is 11.2. The van der Waals surface area contributed by atoms with Crippen LogP contribution < -0.4 is 0 Å². The average Bonchev–Trinajstić information content (AvgIpc) is 3.57. The van der Waals surface area contributed by atoms with Crippen LogP contribution in [0.15, 0.2) is 142 Å². The van der Waals surface area contributed by atoms with Crippen LogP contribution >= 0.6 is 31.9 Å². The Hall–Kier alpha value is -4.43. The molecule has 0 aromatic heterocycles. The van der Waals surface area contributed by atoms with Crippen LogP contribution in [0, 0.1) is 23.7 Å². The van der Waals surface area contributed by atoms with Crippen molar-refractivity contribution in [2.45, 2.75) is 199 Å². The van der Waals surface area contributed by atoms with Crippen LogP contribution in [0.25, 0.3) is 0 Å². The number of carbonyl (C=O) groups is 3. The van der Waals surface area contributed by atoms with Gasteiger partial charge in [-0.15, -0.1) is 0 Å². The van der Waals surface area contributed by atoms with E-state index in [-0.39, 0.29) is 50.7 Å². The molecule has 4 aromatic carbocycles. The molecule has 6 rings (SSSR count). The maximum Gasteiger partial charge on any atom is 0.311 e. The molecule has 0 saturated carbocycles. The van der Waals surface area contributed by atoms with Gasteiger partial charge in [0.2, 0.25) is 0 Å². The third-order valence-corrected chi connectivity index (χ3v) is 18.0. The zero-order chi connectivity index (χ0) is 60.4.